The van der Waals surface area contributed by atoms with Crippen LogP contribution < -0.4 is 0 Å². The second-order valence-corrected chi connectivity index (χ2v) is 5.32. The summed E-state index contributed by atoms with van der Waals surface area (Å²) in [5.74, 6) is -0.0813. The van der Waals surface area contributed by atoms with Gasteiger partial charge in [-0.1, -0.05) is 12.1 Å². The van der Waals surface area contributed by atoms with Crippen LogP contribution in [0.5, 0.6) is 0 Å². The van der Waals surface area contributed by atoms with E-state index in [1.165, 1.54) is 11.1 Å². The standard InChI is InChI=1S/C18H21NO2/c1-5-19(6-2)18(21)17-10-15-8-13(4)12(3)7-14(15)9-16(17)11-20/h7-11H,5-6H2,1-4H3. The second-order valence-electron chi connectivity index (χ2n) is 5.32. The van der Waals surface area contributed by atoms with E-state index in [9.17, 15) is 9.59 Å². The van der Waals surface area contributed by atoms with E-state index in [2.05, 4.69) is 12.1 Å². The number of fused-ring (bicyclic) bond motifs is 1. The summed E-state index contributed by atoms with van der Waals surface area (Å²) in [6.07, 6.45) is 0.769. The summed E-state index contributed by atoms with van der Waals surface area (Å²) in [5.41, 5.74) is 3.32. The fourth-order valence-electron chi connectivity index (χ4n) is 2.56. The molecule has 0 aliphatic carbocycles. The SMILES string of the molecule is CCN(CC)C(=O)c1cc2cc(C)c(C)cc2cc1C=O. The molecule has 0 fully saturated rings. The van der Waals surface area contributed by atoms with Gasteiger partial charge in [-0.2, -0.15) is 0 Å². The lowest BCUT2D eigenvalue weighted by Gasteiger charge is -2.20. The van der Waals surface area contributed by atoms with Gasteiger partial charge in [0.2, 0.25) is 0 Å². The first-order chi connectivity index (χ1) is 10.0. The van der Waals surface area contributed by atoms with Crippen LogP contribution in [0.4, 0.5) is 0 Å². The maximum Gasteiger partial charge on any atom is 0.254 e. The zero-order valence-electron chi connectivity index (χ0n) is 13.1. The Kier molecular flexibility index (Phi) is 4.41. The number of benzene rings is 2. The van der Waals surface area contributed by atoms with Gasteiger partial charge in [-0.3, -0.25) is 9.59 Å². The summed E-state index contributed by atoms with van der Waals surface area (Å²) in [7, 11) is 0. The van der Waals surface area contributed by atoms with Gasteiger partial charge in [-0.25, -0.2) is 0 Å². The molecule has 21 heavy (non-hydrogen) atoms. The molecule has 3 heteroatoms. The van der Waals surface area contributed by atoms with Gasteiger partial charge in [0.15, 0.2) is 6.29 Å². The smallest absolute Gasteiger partial charge is 0.254 e. The van der Waals surface area contributed by atoms with Gasteiger partial charge in [0.1, 0.15) is 0 Å². The Balaban J connectivity index is 2.65. The number of carbonyl (C=O) groups excluding carboxylic acids is 2. The van der Waals surface area contributed by atoms with Crippen molar-refractivity contribution in [2.45, 2.75) is 27.7 Å². The predicted octanol–water partition coefficient (Wildman–Crippen LogP) is 3.75. The fraction of sp³-hybridized carbons (Fsp3) is 0.333. The molecule has 0 N–H and O–H groups in total. The molecular weight excluding hydrogens is 262 g/mol. The van der Waals surface area contributed by atoms with Crippen molar-refractivity contribution in [3.8, 4) is 0 Å². The Hall–Kier alpha value is -2.16. The van der Waals surface area contributed by atoms with Crippen LogP contribution in [0.3, 0.4) is 0 Å². The predicted molar refractivity (Wildman–Crippen MR) is 86.1 cm³/mol. The quantitative estimate of drug-likeness (QED) is 0.801. The maximum absolute atomic E-state index is 12.5. The van der Waals surface area contributed by atoms with Crippen LogP contribution in [0.25, 0.3) is 10.8 Å². The van der Waals surface area contributed by atoms with Crippen molar-refractivity contribution in [2.75, 3.05) is 13.1 Å². The van der Waals surface area contributed by atoms with Gasteiger partial charge in [-0.05, 0) is 61.7 Å². The Bertz CT molecular complexity index is 700. The molecule has 0 aromatic heterocycles. The summed E-state index contributed by atoms with van der Waals surface area (Å²) >= 11 is 0. The average molecular weight is 283 g/mol. The number of hydrogen-bond acceptors (Lipinski definition) is 2. The van der Waals surface area contributed by atoms with Crippen molar-refractivity contribution in [1.29, 1.82) is 0 Å². The number of aryl methyl sites for hydroxylation is 2. The third kappa shape index (κ3) is 2.82. The summed E-state index contributed by atoms with van der Waals surface area (Å²) in [6.45, 7) is 9.25. The summed E-state index contributed by atoms with van der Waals surface area (Å²) < 4.78 is 0. The molecule has 0 radical (unpaired) electrons. The van der Waals surface area contributed by atoms with E-state index in [0.29, 0.717) is 24.2 Å². The van der Waals surface area contributed by atoms with Crippen LogP contribution in [0.1, 0.15) is 45.7 Å². The van der Waals surface area contributed by atoms with E-state index < -0.39 is 0 Å². The van der Waals surface area contributed by atoms with Crippen LogP contribution in [0, 0.1) is 13.8 Å². The normalized spacial score (nSPS) is 10.7. The molecule has 0 aliphatic rings. The summed E-state index contributed by atoms with van der Waals surface area (Å²) in [6, 6.07) is 7.78. The molecule has 2 rings (SSSR count). The highest BCUT2D eigenvalue weighted by molar-refractivity contribution is 6.06. The molecule has 0 atom stereocenters. The van der Waals surface area contributed by atoms with Gasteiger partial charge in [0.05, 0.1) is 5.56 Å². The Morgan fingerprint density at radius 2 is 1.52 bits per heavy atom. The maximum atomic E-state index is 12.5. The fourth-order valence-corrected chi connectivity index (χ4v) is 2.56. The van der Waals surface area contributed by atoms with E-state index in [-0.39, 0.29) is 5.91 Å². The third-order valence-electron chi connectivity index (χ3n) is 4.03. The molecule has 2 aromatic rings. The molecule has 0 aliphatic heterocycles. The monoisotopic (exact) mass is 283 g/mol. The number of nitrogens with zero attached hydrogens (tertiary/aromatic N) is 1. The Morgan fingerprint density at radius 3 is 2.00 bits per heavy atom. The van der Waals surface area contributed by atoms with Crippen LogP contribution in [-0.2, 0) is 0 Å². The minimum absolute atomic E-state index is 0.0813. The number of rotatable bonds is 4. The molecule has 0 saturated carbocycles. The average Bonchev–Trinajstić information content (AvgIpc) is 2.48. The van der Waals surface area contributed by atoms with Crippen molar-refractivity contribution in [1.82, 2.24) is 4.90 Å². The first kappa shape index (κ1) is 15.2. The molecule has 0 heterocycles. The lowest BCUT2D eigenvalue weighted by atomic mass is 9.97. The van der Waals surface area contributed by atoms with Crippen LogP contribution >= 0.6 is 0 Å². The molecule has 2 aromatic carbocycles. The van der Waals surface area contributed by atoms with E-state index in [4.69, 9.17) is 0 Å². The minimum Gasteiger partial charge on any atom is -0.339 e. The van der Waals surface area contributed by atoms with Gasteiger partial charge >= 0.3 is 0 Å². The number of aldehydes is 1. The van der Waals surface area contributed by atoms with E-state index in [1.807, 2.05) is 39.8 Å². The van der Waals surface area contributed by atoms with Crippen molar-refractivity contribution < 1.29 is 9.59 Å². The zero-order chi connectivity index (χ0) is 15.6. The number of amides is 1. The molecule has 0 saturated heterocycles. The van der Waals surface area contributed by atoms with Crippen molar-refractivity contribution in [3.63, 3.8) is 0 Å². The topological polar surface area (TPSA) is 37.4 Å². The Labute approximate surface area is 125 Å². The highest BCUT2D eigenvalue weighted by Gasteiger charge is 2.17. The van der Waals surface area contributed by atoms with Crippen molar-refractivity contribution in [3.05, 3.63) is 46.5 Å². The van der Waals surface area contributed by atoms with Gasteiger partial charge in [-0.15, -0.1) is 0 Å². The van der Waals surface area contributed by atoms with Crippen LogP contribution in [0.2, 0.25) is 0 Å². The van der Waals surface area contributed by atoms with Gasteiger partial charge in [0.25, 0.3) is 5.91 Å². The van der Waals surface area contributed by atoms with Crippen LogP contribution in [-0.4, -0.2) is 30.2 Å². The second kappa shape index (κ2) is 6.08. The molecule has 110 valence electrons. The largest absolute Gasteiger partial charge is 0.339 e. The zero-order valence-corrected chi connectivity index (χ0v) is 13.1. The van der Waals surface area contributed by atoms with E-state index >= 15 is 0 Å². The first-order valence-corrected chi connectivity index (χ1v) is 7.31. The Morgan fingerprint density at radius 1 is 1.00 bits per heavy atom. The molecule has 0 spiro atoms. The highest BCUT2D eigenvalue weighted by Crippen LogP contribution is 2.24. The van der Waals surface area contributed by atoms with Crippen molar-refractivity contribution in [2.24, 2.45) is 0 Å². The lowest BCUT2D eigenvalue weighted by Crippen LogP contribution is -2.31. The molecule has 1 amide bonds. The first-order valence-electron chi connectivity index (χ1n) is 7.31. The molecule has 0 unspecified atom stereocenters. The van der Waals surface area contributed by atoms with E-state index in [1.54, 1.807) is 4.90 Å². The molecule has 0 bridgehead atoms. The summed E-state index contributed by atoms with van der Waals surface area (Å²) in [5, 5.41) is 2.00. The van der Waals surface area contributed by atoms with Crippen molar-refractivity contribution >= 4 is 23.0 Å². The molecular formula is C18H21NO2. The number of carbonyl (C=O) groups is 2. The number of hydrogen-bond donors (Lipinski definition) is 0. The highest BCUT2D eigenvalue weighted by atomic mass is 16.2. The lowest BCUT2D eigenvalue weighted by molar-refractivity contribution is 0.0770. The third-order valence-corrected chi connectivity index (χ3v) is 4.03. The minimum atomic E-state index is -0.0813. The molecule has 3 nitrogen and oxygen atoms in total. The van der Waals surface area contributed by atoms with Gasteiger partial charge in [0, 0.05) is 18.7 Å². The summed E-state index contributed by atoms with van der Waals surface area (Å²) in [4.78, 5) is 25.6. The van der Waals surface area contributed by atoms with E-state index in [0.717, 1.165) is 17.1 Å². The van der Waals surface area contributed by atoms with Gasteiger partial charge < -0.3 is 4.90 Å². The van der Waals surface area contributed by atoms with Crippen LogP contribution in [0.15, 0.2) is 24.3 Å².